The Morgan fingerprint density at radius 3 is 2.41 bits per heavy atom. The Bertz CT molecular complexity index is 1060. The van der Waals surface area contributed by atoms with Gasteiger partial charge in [-0.3, -0.25) is 10.2 Å². The molecule has 0 bridgehead atoms. The number of nitrogens with zero attached hydrogens (tertiary/aromatic N) is 4. The number of carbonyl (C=O) groups is 1. The summed E-state index contributed by atoms with van der Waals surface area (Å²) in [6.07, 6.45) is 14.7. The van der Waals surface area contributed by atoms with E-state index in [4.69, 9.17) is 5.41 Å². The lowest BCUT2D eigenvalue weighted by Crippen LogP contribution is -2.14. The first-order valence-corrected chi connectivity index (χ1v) is 11.8. The van der Waals surface area contributed by atoms with Crippen molar-refractivity contribution in [1.29, 1.82) is 5.41 Å². The SMILES string of the molecule is C/C=C\C(=C/C)CNc1ncccc1C(=N)c1ncc(/C(=C\N(C)C)C(=O)C2CC2)cn1.CC. The highest BCUT2D eigenvalue weighted by Gasteiger charge is 2.32. The minimum absolute atomic E-state index is 0.104. The van der Waals surface area contributed by atoms with Crippen LogP contribution in [0, 0.1) is 11.3 Å². The van der Waals surface area contributed by atoms with E-state index >= 15 is 0 Å². The minimum atomic E-state index is 0.104. The van der Waals surface area contributed by atoms with Crippen LogP contribution in [-0.4, -0.2) is 52.0 Å². The van der Waals surface area contributed by atoms with Gasteiger partial charge in [0.05, 0.1) is 0 Å². The van der Waals surface area contributed by atoms with Gasteiger partial charge in [-0.25, -0.2) is 15.0 Å². The minimum Gasteiger partial charge on any atom is -0.383 e. The number of hydrogen-bond donors (Lipinski definition) is 2. The van der Waals surface area contributed by atoms with Gasteiger partial charge < -0.3 is 10.2 Å². The van der Waals surface area contributed by atoms with E-state index in [2.05, 4.69) is 20.3 Å². The van der Waals surface area contributed by atoms with Crippen LogP contribution in [0.4, 0.5) is 5.82 Å². The van der Waals surface area contributed by atoms with Crippen LogP contribution >= 0.6 is 0 Å². The molecule has 0 aromatic carbocycles. The fourth-order valence-corrected chi connectivity index (χ4v) is 3.23. The third-order valence-corrected chi connectivity index (χ3v) is 5.08. The van der Waals surface area contributed by atoms with Gasteiger partial charge in [-0.2, -0.15) is 0 Å². The zero-order chi connectivity index (χ0) is 25.1. The third-order valence-electron chi connectivity index (χ3n) is 5.08. The maximum Gasteiger partial charge on any atom is 0.178 e. The van der Waals surface area contributed by atoms with Gasteiger partial charge in [-0.05, 0) is 44.4 Å². The number of hydrogen-bond acceptors (Lipinski definition) is 7. The Hall–Kier alpha value is -3.61. The molecule has 0 radical (unpaired) electrons. The summed E-state index contributed by atoms with van der Waals surface area (Å²) in [5, 5.41) is 12.0. The number of nitrogens with one attached hydrogen (secondary N) is 2. The summed E-state index contributed by atoms with van der Waals surface area (Å²) in [5.74, 6) is 1.12. The van der Waals surface area contributed by atoms with Crippen molar-refractivity contribution in [2.45, 2.75) is 40.5 Å². The van der Waals surface area contributed by atoms with Crippen LogP contribution < -0.4 is 5.32 Å². The van der Waals surface area contributed by atoms with Crippen molar-refractivity contribution in [2.75, 3.05) is 26.0 Å². The standard InChI is InChI=1S/C25H30N6O.C2H6/c1-5-8-17(6-2)13-28-24-20(9-7-12-27-24)22(26)25-29-14-19(15-30-25)21(16-31(3)4)23(32)18-10-11-18;1-2/h5-9,12,14-16,18,26H,10-11,13H2,1-4H3,(H,27,28);1-2H3/b8-5-,17-6+,21-16+,26-22?;. The Labute approximate surface area is 203 Å². The fraction of sp³-hybridized carbons (Fsp3) is 0.370. The van der Waals surface area contributed by atoms with Gasteiger partial charge >= 0.3 is 0 Å². The summed E-state index contributed by atoms with van der Waals surface area (Å²) >= 11 is 0. The van der Waals surface area contributed by atoms with Gasteiger partial charge in [-0.15, -0.1) is 0 Å². The molecule has 3 rings (SSSR count). The average molecular weight is 461 g/mol. The molecule has 2 heterocycles. The molecule has 1 saturated carbocycles. The molecule has 0 atom stereocenters. The van der Waals surface area contributed by atoms with E-state index in [-0.39, 0.29) is 23.2 Å². The van der Waals surface area contributed by atoms with Gasteiger partial charge in [0.1, 0.15) is 11.5 Å². The van der Waals surface area contributed by atoms with Crippen molar-refractivity contribution in [3.8, 4) is 0 Å². The van der Waals surface area contributed by atoms with E-state index < -0.39 is 0 Å². The Morgan fingerprint density at radius 1 is 1.18 bits per heavy atom. The molecule has 0 unspecified atom stereocenters. The van der Waals surface area contributed by atoms with E-state index in [1.54, 1.807) is 24.7 Å². The first-order chi connectivity index (χ1) is 16.4. The van der Waals surface area contributed by atoms with Crippen LogP contribution in [0.1, 0.15) is 57.5 Å². The lowest BCUT2D eigenvalue weighted by molar-refractivity contribution is -0.114. The van der Waals surface area contributed by atoms with E-state index in [0.29, 0.717) is 29.1 Å². The van der Waals surface area contributed by atoms with E-state index in [9.17, 15) is 4.79 Å². The summed E-state index contributed by atoms with van der Waals surface area (Å²) < 4.78 is 0. The third kappa shape index (κ3) is 7.20. The van der Waals surface area contributed by atoms with Crippen LogP contribution in [0.2, 0.25) is 0 Å². The van der Waals surface area contributed by atoms with E-state index in [1.165, 1.54) is 0 Å². The van der Waals surface area contributed by atoms with Crippen molar-refractivity contribution < 1.29 is 4.79 Å². The monoisotopic (exact) mass is 460 g/mol. The lowest BCUT2D eigenvalue weighted by Gasteiger charge is -2.13. The number of rotatable bonds is 10. The maximum absolute atomic E-state index is 12.7. The van der Waals surface area contributed by atoms with Crippen LogP contribution in [0.25, 0.3) is 5.57 Å². The summed E-state index contributed by atoms with van der Waals surface area (Å²) in [6.45, 7) is 8.56. The van der Waals surface area contributed by atoms with Crippen molar-refractivity contribution in [1.82, 2.24) is 19.9 Å². The van der Waals surface area contributed by atoms with Crippen LogP contribution in [0.15, 0.2) is 60.7 Å². The first-order valence-electron chi connectivity index (χ1n) is 11.8. The van der Waals surface area contributed by atoms with Gasteiger partial charge in [0, 0.05) is 68.0 Å². The number of Topliss-reactive ketones (excluding diaryl/α,β-unsaturated/α-hetero) is 1. The molecule has 1 aliphatic carbocycles. The molecular weight excluding hydrogens is 424 g/mol. The number of ketones is 1. The number of aromatic nitrogens is 3. The lowest BCUT2D eigenvalue weighted by atomic mass is 10.0. The zero-order valence-corrected chi connectivity index (χ0v) is 21.1. The molecule has 0 saturated heterocycles. The molecule has 2 aromatic rings. The van der Waals surface area contributed by atoms with Gasteiger partial charge in [0.25, 0.3) is 0 Å². The van der Waals surface area contributed by atoms with Crippen LogP contribution in [0.5, 0.6) is 0 Å². The predicted molar refractivity (Wildman–Crippen MR) is 140 cm³/mol. The Morgan fingerprint density at radius 2 is 1.85 bits per heavy atom. The van der Waals surface area contributed by atoms with Gasteiger partial charge in [0.2, 0.25) is 0 Å². The molecule has 0 amide bonds. The quantitative estimate of drug-likeness (QED) is 0.290. The van der Waals surface area contributed by atoms with Crippen molar-refractivity contribution in [2.24, 2.45) is 5.92 Å². The molecular formula is C27H36N6O. The summed E-state index contributed by atoms with van der Waals surface area (Å²) in [7, 11) is 3.77. The smallest absolute Gasteiger partial charge is 0.178 e. The Balaban J connectivity index is 0.00000199. The number of allylic oxidation sites excluding steroid dienone is 3. The molecule has 1 fully saturated rings. The van der Waals surface area contributed by atoms with Crippen LogP contribution in [0.3, 0.4) is 0 Å². The van der Waals surface area contributed by atoms with Crippen LogP contribution in [-0.2, 0) is 4.79 Å². The second-order valence-electron chi connectivity index (χ2n) is 7.93. The highest BCUT2D eigenvalue weighted by Crippen LogP contribution is 2.35. The summed E-state index contributed by atoms with van der Waals surface area (Å²) in [5.41, 5.74) is 3.20. The molecule has 1 aliphatic rings. The topological polar surface area (TPSA) is 94.9 Å². The molecule has 7 heteroatoms. The molecule has 7 nitrogen and oxygen atoms in total. The van der Waals surface area contributed by atoms with E-state index in [1.807, 2.05) is 77.2 Å². The van der Waals surface area contributed by atoms with Gasteiger partial charge in [-0.1, -0.05) is 32.1 Å². The summed E-state index contributed by atoms with van der Waals surface area (Å²) in [4.78, 5) is 27.8. The number of anilines is 1. The summed E-state index contributed by atoms with van der Waals surface area (Å²) in [6, 6.07) is 3.62. The fourth-order valence-electron chi connectivity index (χ4n) is 3.23. The second-order valence-corrected chi connectivity index (χ2v) is 7.93. The molecule has 0 spiro atoms. The maximum atomic E-state index is 12.7. The molecule has 34 heavy (non-hydrogen) atoms. The molecule has 2 N–H and O–H groups in total. The highest BCUT2D eigenvalue weighted by molar-refractivity contribution is 6.22. The van der Waals surface area contributed by atoms with Crippen molar-refractivity contribution >= 4 is 22.9 Å². The predicted octanol–water partition coefficient (Wildman–Crippen LogP) is 5.13. The largest absolute Gasteiger partial charge is 0.383 e. The van der Waals surface area contributed by atoms with Gasteiger partial charge in [0.15, 0.2) is 11.6 Å². The highest BCUT2D eigenvalue weighted by atomic mass is 16.1. The van der Waals surface area contributed by atoms with E-state index in [0.717, 1.165) is 18.4 Å². The zero-order valence-electron chi connectivity index (χ0n) is 21.1. The van der Waals surface area contributed by atoms with Crippen molar-refractivity contribution in [3.63, 3.8) is 0 Å². The molecule has 180 valence electrons. The normalized spacial score (nSPS) is 13.8. The first kappa shape index (κ1) is 26.6. The average Bonchev–Trinajstić information content (AvgIpc) is 3.71. The molecule has 2 aromatic heterocycles. The number of pyridine rings is 1. The second kappa shape index (κ2) is 13.2. The molecule has 0 aliphatic heterocycles. The number of carbonyl (C=O) groups excluding carboxylic acids is 1. The Kier molecular flexibility index (Phi) is 10.3. The van der Waals surface area contributed by atoms with Crippen molar-refractivity contribution in [3.05, 3.63) is 77.7 Å².